The first-order valence-corrected chi connectivity index (χ1v) is 10.8. The summed E-state index contributed by atoms with van der Waals surface area (Å²) in [4.78, 5) is 12.4. The number of benzene rings is 2. The quantitative estimate of drug-likeness (QED) is 0.585. The molecule has 0 bridgehead atoms. The van der Waals surface area contributed by atoms with Crippen molar-refractivity contribution in [3.8, 4) is 0 Å². The van der Waals surface area contributed by atoms with E-state index < -0.39 is 15.9 Å². The van der Waals surface area contributed by atoms with E-state index in [1.165, 1.54) is 18.2 Å². The smallest absolute Gasteiger partial charge is 0.251 e. The summed E-state index contributed by atoms with van der Waals surface area (Å²) in [5.41, 5.74) is 0.994. The Morgan fingerprint density at radius 3 is 2.48 bits per heavy atom. The molecule has 1 amide bonds. The van der Waals surface area contributed by atoms with Gasteiger partial charge in [0.15, 0.2) is 0 Å². The number of hydrogen-bond donors (Lipinski definition) is 2. The Bertz CT molecular complexity index is 1110. The maximum absolute atomic E-state index is 12.7. The molecular formula is C21H21ClN2O4S. The number of hydrogen-bond acceptors (Lipinski definition) is 4. The zero-order chi connectivity index (χ0) is 21.0. The molecule has 1 heterocycles. The summed E-state index contributed by atoms with van der Waals surface area (Å²) in [6.07, 6.45) is 0. The zero-order valence-electron chi connectivity index (χ0n) is 16.0. The molecule has 0 radical (unpaired) electrons. The van der Waals surface area contributed by atoms with E-state index in [0.29, 0.717) is 5.76 Å². The van der Waals surface area contributed by atoms with Crippen LogP contribution < -0.4 is 10.0 Å². The van der Waals surface area contributed by atoms with E-state index in [1.54, 1.807) is 13.0 Å². The van der Waals surface area contributed by atoms with Crippen LogP contribution in [0.4, 0.5) is 0 Å². The highest BCUT2D eigenvalue weighted by Crippen LogP contribution is 2.24. The van der Waals surface area contributed by atoms with Crippen LogP contribution in [0.1, 0.15) is 40.4 Å². The van der Waals surface area contributed by atoms with E-state index in [4.69, 9.17) is 16.0 Å². The minimum absolute atomic E-state index is 0.0387. The first-order chi connectivity index (χ1) is 13.8. The van der Waals surface area contributed by atoms with Crippen molar-refractivity contribution in [2.45, 2.75) is 31.3 Å². The lowest BCUT2D eigenvalue weighted by atomic mass is 10.2. The lowest BCUT2D eigenvalue weighted by molar-refractivity contribution is 0.0935. The predicted molar refractivity (Wildman–Crippen MR) is 111 cm³/mol. The highest BCUT2D eigenvalue weighted by atomic mass is 35.5. The van der Waals surface area contributed by atoms with E-state index in [0.717, 1.165) is 11.3 Å². The van der Waals surface area contributed by atoms with E-state index in [2.05, 4.69) is 10.0 Å². The molecule has 3 rings (SSSR count). The number of aryl methyl sites for hydroxylation is 1. The van der Waals surface area contributed by atoms with E-state index in [9.17, 15) is 13.2 Å². The van der Waals surface area contributed by atoms with Crippen LogP contribution in [0.25, 0.3) is 0 Å². The molecule has 2 aromatic carbocycles. The molecule has 2 N–H and O–H groups in total. The van der Waals surface area contributed by atoms with Crippen LogP contribution >= 0.6 is 11.6 Å². The molecule has 1 aromatic heterocycles. The predicted octanol–water partition coefficient (Wildman–Crippen LogP) is 4.21. The van der Waals surface area contributed by atoms with Crippen molar-refractivity contribution < 1.29 is 17.6 Å². The standard InChI is InChI=1S/C21H21ClN2O4S/c1-14-8-11-19(28-14)15(2)24-21(25)17-9-10-18(22)20(12-17)29(26,27)23-13-16-6-4-3-5-7-16/h3-12,15,23H,13H2,1-2H3,(H,24,25). The summed E-state index contributed by atoms with van der Waals surface area (Å²) in [5.74, 6) is 0.926. The highest BCUT2D eigenvalue weighted by molar-refractivity contribution is 7.89. The van der Waals surface area contributed by atoms with Gasteiger partial charge in [-0.2, -0.15) is 0 Å². The Morgan fingerprint density at radius 2 is 1.83 bits per heavy atom. The van der Waals surface area contributed by atoms with Crippen molar-refractivity contribution >= 4 is 27.5 Å². The molecule has 1 unspecified atom stereocenters. The fourth-order valence-corrected chi connectivity index (χ4v) is 4.28. The number of nitrogens with one attached hydrogen (secondary N) is 2. The van der Waals surface area contributed by atoms with Gasteiger partial charge in [0.2, 0.25) is 10.0 Å². The first kappa shape index (κ1) is 21.1. The number of sulfonamides is 1. The molecule has 0 aliphatic carbocycles. The SMILES string of the molecule is Cc1ccc(C(C)NC(=O)c2ccc(Cl)c(S(=O)(=O)NCc3ccccc3)c2)o1. The van der Waals surface area contributed by atoms with Gasteiger partial charge in [0.25, 0.3) is 5.91 Å². The second-order valence-electron chi connectivity index (χ2n) is 6.60. The summed E-state index contributed by atoms with van der Waals surface area (Å²) in [6, 6.07) is 16.5. The summed E-state index contributed by atoms with van der Waals surface area (Å²) in [7, 11) is -3.90. The van der Waals surface area contributed by atoms with Gasteiger partial charge in [0.1, 0.15) is 16.4 Å². The molecular weight excluding hydrogens is 412 g/mol. The molecule has 3 aromatic rings. The molecule has 0 aliphatic rings. The molecule has 8 heteroatoms. The summed E-state index contributed by atoms with van der Waals surface area (Å²) >= 11 is 6.11. The molecule has 0 saturated heterocycles. The zero-order valence-corrected chi connectivity index (χ0v) is 17.5. The largest absolute Gasteiger partial charge is 0.464 e. The Morgan fingerprint density at radius 1 is 1.10 bits per heavy atom. The lowest BCUT2D eigenvalue weighted by Crippen LogP contribution is -2.27. The topological polar surface area (TPSA) is 88.4 Å². The first-order valence-electron chi connectivity index (χ1n) is 8.96. The molecule has 0 aliphatic heterocycles. The summed E-state index contributed by atoms with van der Waals surface area (Å²) < 4.78 is 33.4. The van der Waals surface area contributed by atoms with E-state index in [-0.39, 0.29) is 28.1 Å². The second-order valence-corrected chi connectivity index (χ2v) is 8.74. The van der Waals surface area contributed by atoms with Gasteiger partial charge < -0.3 is 9.73 Å². The molecule has 6 nitrogen and oxygen atoms in total. The number of amides is 1. The van der Waals surface area contributed by atoms with Crippen LogP contribution in [0, 0.1) is 6.92 Å². The molecule has 0 fully saturated rings. The average Bonchev–Trinajstić information content (AvgIpc) is 3.14. The summed E-state index contributed by atoms with van der Waals surface area (Å²) in [5, 5.41) is 2.83. The third kappa shape index (κ3) is 5.26. The van der Waals surface area contributed by atoms with Crippen molar-refractivity contribution in [3.63, 3.8) is 0 Å². The minimum atomic E-state index is -3.90. The second kappa shape index (κ2) is 8.82. The number of halogens is 1. The molecule has 0 saturated carbocycles. The van der Waals surface area contributed by atoms with Crippen LogP contribution in [0.15, 0.2) is 70.0 Å². The van der Waals surface area contributed by atoms with E-state index in [1.807, 2.05) is 43.3 Å². The number of rotatable bonds is 7. The lowest BCUT2D eigenvalue weighted by Gasteiger charge is -2.13. The van der Waals surface area contributed by atoms with Gasteiger partial charge in [0.05, 0.1) is 11.1 Å². The molecule has 1 atom stereocenters. The van der Waals surface area contributed by atoms with Crippen LogP contribution in [-0.2, 0) is 16.6 Å². The Hall–Kier alpha value is -2.61. The van der Waals surface area contributed by atoms with Crippen molar-refractivity contribution in [3.05, 3.63) is 88.3 Å². The van der Waals surface area contributed by atoms with Crippen LogP contribution in [0.5, 0.6) is 0 Å². The van der Waals surface area contributed by atoms with Gasteiger partial charge in [-0.05, 0) is 49.7 Å². The van der Waals surface area contributed by atoms with Crippen LogP contribution in [-0.4, -0.2) is 14.3 Å². The summed E-state index contributed by atoms with van der Waals surface area (Å²) in [6.45, 7) is 3.72. The number of carbonyl (C=O) groups is 1. The van der Waals surface area contributed by atoms with E-state index >= 15 is 0 Å². The fraction of sp³-hybridized carbons (Fsp3) is 0.190. The third-order valence-corrected chi connectivity index (χ3v) is 6.21. The van der Waals surface area contributed by atoms with Crippen molar-refractivity contribution in [1.82, 2.24) is 10.0 Å². The molecule has 152 valence electrons. The van der Waals surface area contributed by atoms with Gasteiger partial charge in [-0.15, -0.1) is 0 Å². The van der Waals surface area contributed by atoms with Gasteiger partial charge in [-0.25, -0.2) is 13.1 Å². The Balaban J connectivity index is 1.77. The van der Waals surface area contributed by atoms with Gasteiger partial charge in [-0.3, -0.25) is 4.79 Å². The molecule has 0 spiro atoms. The maximum atomic E-state index is 12.7. The number of carbonyl (C=O) groups excluding carboxylic acids is 1. The maximum Gasteiger partial charge on any atom is 0.251 e. The van der Waals surface area contributed by atoms with Gasteiger partial charge in [-0.1, -0.05) is 41.9 Å². The van der Waals surface area contributed by atoms with Crippen LogP contribution in [0.2, 0.25) is 5.02 Å². The van der Waals surface area contributed by atoms with Crippen molar-refractivity contribution in [1.29, 1.82) is 0 Å². The minimum Gasteiger partial charge on any atom is -0.464 e. The highest BCUT2D eigenvalue weighted by Gasteiger charge is 2.21. The average molecular weight is 433 g/mol. The Labute approximate surface area is 174 Å². The normalized spacial score (nSPS) is 12.5. The molecule has 29 heavy (non-hydrogen) atoms. The van der Waals surface area contributed by atoms with Gasteiger partial charge >= 0.3 is 0 Å². The monoisotopic (exact) mass is 432 g/mol. The van der Waals surface area contributed by atoms with Crippen molar-refractivity contribution in [2.75, 3.05) is 0 Å². The number of furan rings is 1. The third-order valence-electron chi connectivity index (χ3n) is 4.33. The fourth-order valence-electron chi connectivity index (χ4n) is 2.74. The van der Waals surface area contributed by atoms with Gasteiger partial charge in [0, 0.05) is 12.1 Å². The van der Waals surface area contributed by atoms with Crippen LogP contribution in [0.3, 0.4) is 0 Å². The van der Waals surface area contributed by atoms with Crippen molar-refractivity contribution in [2.24, 2.45) is 0 Å². The Kier molecular flexibility index (Phi) is 6.42.